The molecule has 0 aliphatic rings. The summed E-state index contributed by atoms with van der Waals surface area (Å²) in [6, 6.07) is 3.04. The average molecular weight is 240 g/mol. The minimum Gasteiger partial charge on any atom is -0.399 e. The molecule has 1 aromatic carbocycles. The second-order valence-corrected chi connectivity index (χ2v) is 3.19. The first-order chi connectivity index (χ1) is 7.31. The Balaban J connectivity index is 2.68. The lowest BCUT2D eigenvalue weighted by Crippen LogP contribution is -2.34. The van der Waals surface area contributed by atoms with Crippen molar-refractivity contribution in [2.75, 3.05) is 17.6 Å². The molecule has 0 amide bonds. The maximum absolute atomic E-state index is 12.8. The first-order valence-corrected chi connectivity index (χ1v) is 4.27. The summed E-state index contributed by atoms with van der Waals surface area (Å²) >= 11 is 0. The average Bonchev–Trinajstić information content (AvgIpc) is 2.13. The van der Waals surface area contributed by atoms with E-state index in [1.807, 2.05) is 5.32 Å². The Morgan fingerprint density at radius 2 is 1.88 bits per heavy atom. The van der Waals surface area contributed by atoms with Crippen LogP contribution in [0.3, 0.4) is 0 Å². The second-order valence-electron chi connectivity index (χ2n) is 3.19. The van der Waals surface area contributed by atoms with Crippen LogP contribution in [0.2, 0.25) is 0 Å². The van der Waals surface area contributed by atoms with Crippen molar-refractivity contribution in [1.29, 1.82) is 0 Å². The molecule has 0 aromatic heterocycles. The molecule has 16 heavy (non-hydrogen) atoms. The van der Waals surface area contributed by atoms with Gasteiger partial charge in [-0.25, -0.2) is 13.2 Å². The van der Waals surface area contributed by atoms with Crippen molar-refractivity contribution in [3.05, 3.63) is 24.0 Å². The zero-order valence-corrected chi connectivity index (χ0v) is 7.98. The third-order valence-corrected chi connectivity index (χ3v) is 1.77. The van der Waals surface area contributed by atoms with Crippen molar-refractivity contribution in [2.24, 2.45) is 0 Å². The van der Waals surface area contributed by atoms with E-state index in [-0.39, 0.29) is 11.4 Å². The Hall–Kier alpha value is -1.53. The second kappa shape index (κ2) is 4.54. The Morgan fingerprint density at radius 3 is 2.38 bits per heavy atom. The maximum Gasteiger partial charge on any atom is 0.324 e. The highest BCUT2D eigenvalue weighted by molar-refractivity contribution is 5.54. The summed E-state index contributed by atoms with van der Waals surface area (Å²) in [7, 11) is 0. The van der Waals surface area contributed by atoms with Crippen LogP contribution in [-0.2, 0) is 0 Å². The highest BCUT2D eigenvalue weighted by Gasteiger charge is 2.40. The molecule has 0 aliphatic carbocycles. The van der Waals surface area contributed by atoms with Crippen LogP contribution in [0.15, 0.2) is 18.2 Å². The van der Waals surface area contributed by atoms with E-state index in [9.17, 15) is 22.0 Å². The molecular weight excluding hydrogens is 231 g/mol. The summed E-state index contributed by atoms with van der Waals surface area (Å²) in [6.07, 6.45) is -3.77. The Bertz CT molecular complexity index is 347. The van der Waals surface area contributed by atoms with Crippen LogP contribution in [0.25, 0.3) is 0 Å². The summed E-state index contributed by atoms with van der Waals surface area (Å²) in [5.74, 6) is -4.90. The van der Waals surface area contributed by atoms with E-state index in [1.54, 1.807) is 0 Å². The van der Waals surface area contributed by atoms with Crippen molar-refractivity contribution in [1.82, 2.24) is 0 Å². The van der Waals surface area contributed by atoms with Gasteiger partial charge < -0.3 is 11.1 Å². The predicted octanol–water partition coefficient (Wildman–Crippen LogP) is 2.72. The van der Waals surface area contributed by atoms with Crippen molar-refractivity contribution in [3.63, 3.8) is 0 Å². The topological polar surface area (TPSA) is 38.0 Å². The molecule has 0 bridgehead atoms. The number of halogens is 5. The van der Waals surface area contributed by atoms with Crippen LogP contribution < -0.4 is 11.1 Å². The Labute approximate surface area is 88.2 Å². The maximum atomic E-state index is 12.8. The molecule has 2 nitrogen and oxygen atoms in total. The van der Waals surface area contributed by atoms with E-state index in [0.717, 1.165) is 12.1 Å². The van der Waals surface area contributed by atoms with Gasteiger partial charge >= 0.3 is 12.3 Å². The van der Waals surface area contributed by atoms with Crippen LogP contribution in [-0.4, -0.2) is 18.9 Å². The number of nitrogens with one attached hydrogen (secondary N) is 1. The third kappa shape index (κ3) is 3.25. The van der Waals surface area contributed by atoms with E-state index in [4.69, 9.17) is 5.73 Å². The van der Waals surface area contributed by atoms with Gasteiger partial charge in [0.2, 0.25) is 0 Å². The standard InChI is InChI=1S/C9H9F5N2/c10-5-1-6(15)3-7(2-5)16-4-9(13,14)8(11)12/h1-3,8,16H,4,15H2. The third-order valence-electron chi connectivity index (χ3n) is 1.77. The molecule has 0 fully saturated rings. The summed E-state index contributed by atoms with van der Waals surface area (Å²) < 4.78 is 61.3. The highest BCUT2D eigenvalue weighted by atomic mass is 19.3. The molecule has 1 rings (SSSR count). The van der Waals surface area contributed by atoms with Crippen LogP contribution in [0.5, 0.6) is 0 Å². The lowest BCUT2D eigenvalue weighted by atomic mass is 10.2. The van der Waals surface area contributed by atoms with Gasteiger partial charge in [-0.05, 0) is 18.2 Å². The monoisotopic (exact) mass is 240 g/mol. The number of anilines is 2. The van der Waals surface area contributed by atoms with Crippen molar-refractivity contribution in [3.8, 4) is 0 Å². The summed E-state index contributed by atoms with van der Waals surface area (Å²) in [6.45, 7) is -1.28. The molecule has 0 unspecified atom stereocenters. The predicted molar refractivity (Wildman–Crippen MR) is 50.3 cm³/mol. The molecule has 0 spiro atoms. The summed E-state index contributed by atoms with van der Waals surface area (Å²) in [5, 5.41) is 2.00. The molecule has 0 aliphatic heterocycles. The Kier molecular flexibility index (Phi) is 3.56. The summed E-state index contributed by atoms with van der Waals surface area (Å²) in [5.41, 5.74) is 5.19. The number of hydrogen-bond donors (Lipinski definition) is 2. The van der Waals surface area contributed by atoms with Gasteiger partial charge in [0.1, 0.15) is 5.82 Å². The van der Waals surface area contributed by atoms with Crippen molar-refractivity contribution >= 4 is 11.4 Å². The molecule has 0 saturated carbocycles. The SMILES string of the molecule is Nc1cc(F)cc(NCC(F)(F)C(F)F)c1. The van der Waals surface area contributed by atoms with Gasteiger partial charge in [-0.15, -0.1) is 0 Å². The van der Waals surface area contributed by atoms with Crippen LogP contribution in [0.1, 0.15) is 0 Å². The van der Waals surface area contributed by atoms with Gasteiger partial charge in [0.05, 0.1) is 6.54 Å². The number of benzene rings is 1. The molecule has 0 radical (unpaired) electrons. The smallest absolute Gasteiger partial charge is 0.324 e. The normalized spacial score (nSPS) is 11.9. The number of nitrogen functional groups attached to an aromatic ring is 1. The molecule has 90 valence electrons. The van der Waals surface area contributed by atoms with E-state index in [1.165, 1.54) is 6.07 Å². The van der Waals surface area contributed by atoms with E-state index in [0.29, 0.717) is 0 Å². The van der Waals surface area contributed by atoms with Crippen LogP contribution in [0.4, 0.5) is 33.3 Å². The van der Waals surface area contributed by atoms with Gasteiger partial charge in [0.25, 0.3) is 0 Å². The van der Waals surface area contributed by atoms with Gasteiger partial charge in [-0.3, -0.25) is 0 Å². The van der Waals surface area contributed by atoms with Crippen LogP contribution >= 0.6 is 0 Å². The molecule has 3 N–H and O–H groups in total. The number of nitrogens with two attached hydrogens (primary N) is 1. The minimum atomic E-state index is -4.17. The Morgan fingerprint density at radius 1 is 1.25 bits per heavy atom. The van der Waals surface area contributed by atoms with Gasteiger partial charge in [-0.2, -0.15) is 8.78 Å². The van der Waals surface area contributed by atoms with Gasteiger partial charge in [0, 0.05) is 11.4 Å². The first kappa shape index (κ1) is 12.5. The molecule has 0 heterocycles. The van der Waals surface area contributed by atoms with E-state index < -0.39 is 24.7 Å². The fraction of sp³-hybridized carbons (Fsp3) is 0.333. The van der Waals surface area contributed by atoms with Gasteiger partial charge in [-0.1, -0.05) is 0 Å². The lowest BCUT2D eigenvalue weighted by Gasteiger charge is -2.16. The highest BCUT2D eigenvalue weighted by Crippen LogP contribution is 2.24. The fourth-order valence-corrected chi connectivity index (χ4v) is 1.01. The van der Waals surface area contributed by atoms with Crippen molar-refractivity contribution < 1.29 is 22.0 Å². The zero-order chi connectivity index (χ0) is 12.3. The number of rotatable bonds is 4. The lowest BCUT2D eigenvalue weighted by molar-refractivity contribution is -0.117. The molecule has 0 saturated heterocycles. The van der Waals surface area contributed by atoms with E-state index in [2.05, 4.69) is 0 Å². The molecule has 7 heteroatoms. The number of alkyl halides is 4. The van der Waals surface area contributed by atoms with E-state index >= 15 is 0 Å². The number of hydrogen-bond acceptors (Lipinski definition) is 2. The largest absolute Gasteiger partial charge is 0.399 e. The van der Waals surface area contributed by atoms with Crippen molar-refractivity contribution in [2.45, 2.75) is 12.3 Å². The molecule has 0 atom stereocenters. The summed E-state index contributed by atoms with van der Waals surface area (Å²) in [4.78, 5) is 0. The molecular formula is C9H9F5N2. The quantitative estimate of drug-likeness (QED) is 0.627. The zero-order valence-electron chi connectivity index (χ0n) is 7.98. The minimum absolute atomic E-state index is 0.0165. The molecule has 1 aromatic rings. The fourth-order valence-electron chi connectivity index (χ4n) is 1.01. The first-order valence-electron chi connectivity index (χ1n) is 4.27. The van der Waals surface area contributed by atoms with Gasteiger partial charge in [0.15, 0.2) is 0 Å². The van der Waals surface area contributed by atoms with Crippen LogP contribution in [0, 0.1) is 5.82 Å².